The summed E-state index contributed by atoms with van der Waals surface area (Å²) >= 11 is 0. The van der Waals surface area contributed by atoms with Gasteiger partial charge in [-0.15, -0.1) is 0 Å². The molecule has 1 amide bonds. The molecule has 0 aliphatic carbocycles. The van der Waals surface area contributed by atoms with Crippen molar-refractivity contribution in [2.24, 2.45) is 0 Å². The van der Waals surface area contributed by atoms with E-state index in [-0.39, 0.29) is 0 Å². The van der Waals surface area contributed by atoms with Crippen LogP contribution < -0.4 is 5.32 Å². The van der Waals surface area contributed by atoms with E-state index in [1.165, 1.54) is 6.08 Å². The maximum absolute atomic E-state index is 13.2. The van der Waals surface area contributed by atoms with Crippen molar-refractivity contribution in [3.63, 3.8) is 0 Å². The molecule has 20 heavy (non-hydrogen) atoms. The van der Waals surface area contributed by atoms with Crippen molar-refractivity contribution in [3.05, 3.63) is 41.7 Å². The van der Waals surface area contributed by atoms with Gasteiger partial charge in [0, 0.05) is 6.08 Å². The number of nitrogens with one attached hydrogen (secondary N) is 1. The first-order valence-corrected chi connectivity index (χ1v) is 5.72. The summed E-state index contributed by atoms with van der Waals surface area (Å²) in [6.45, 7) is 1.15. The summed E-state index contributed by atoms with van der Waals surface area (Å²) in [4.78, 5) is 22.4. The summed E-state index contributed by atoms with van der Waals surface area (Å²) in [5.41, 5.74) is -0.533. The number of allylic oxidation sites excluding steroid dienone is 1. The van der Waals surface area contributed by atoms with Gasteiger partial charge in [-0.05, 0) is 18.6 Å². The van der Waals surface area contributed by atoms with E-state index in [4.69, 9.17) is 0 Å². The Morgan fingerprint density at radius 2 is 1.95 bits per heavy atom. The van der Waals surface area contributed by atoms with Gasteiger partial charge in [0.1, 0.15) is 0 Å². The molecule has 1 aromatic rings. The van der Waals surface area contributed by atoms with E-state index in [1.54, 1.807) is 0 Å². The first kappa shape index (κ1) is 15.7. The van der Waals surface area contributed by atoms with Crippen LogP contribution in [-0.4, -0.2) is 18.5 Å². The molecule has 0 radical (unpaired) electrons. The largest absolute Gasteiger partial charge is 0.452 e. The van der Waals surface area contributed by atoms with E-state index in [0.717, 1.165) is 12.1 Å². The standard InChI is InChI=1S/C13H12F3NO3/c1-2-3-4-11(19)20-7-10(18)17-9-6-5-8(14)12(15)13(9)16/h3-6H,2,7H2,1H3,(H,17,18)/b4-3+. The lowest BCUT2D eigenvalue weighted by Crippen LogP contribution is -2.21. The molecule has 0 aliphatic heterocycles. The number of halogens is 3. The fourth-order valence-corrected chi connectivity index (χ4v) is 1.21. The Bertz CT molecular complexity index is 544. The average Bonchev–Trinajstić information content (AvgIpc) is 2.43. The Kier molecular flexibility index (Phi) is 5.76. The lowest BCUT2D eigenvalue weighted by molar-refractivity contribution is -0.142. The summed E-state index contributed by atoms with van der Waals surface area (Å²) in [6, 6.07) is 1.54. The molecule has 1 rings (SSSR count). The average molecular weight is 287 g/mol. The molecule has 0 saturated carbocycles. The summed E-state index contributed by atoms with van der Waals surface area (Å²) in [5.74, 6) is -6.17. The van der Waals surface area contributed by atoms with Gasteiger partial charge in [0.2, 0.25) is 0 Å². The van der Waals surface area contributed by atoms with Crippen molar-refractivity contribution in [1.82, 2.24) is 0 Å². The smallest absolute Gasteiger partial charge is 0.330 e. The van der Waals surface area contributed by atoms with Gasteiger partial charge >= 0.3 is 5.97 Å². The minimum absolute atomic E-state index is 0.533. The number of rotatable bonds is 5. The van der Waals surface area contributed by atoms with E-state index < -0.39 is 41.6 Å². The third kappa shape index (κ3) is 4.42. The first-order valence-electron chi connectivity index (χ1n) is 5.72. The van der Waals surface area contributed by atoms with Crippen molar-refractivity contribution >= 4 is 17.6 Å². The van der Waals surface area contributed by atoms with Crippen LogP contribution in [0.15, 0.2) is 24.3 Å². The molecule has 108 valence electrons. The van der Waals surface area contributed by atoms with Crippen LogP contribution in [0.5, 0.6) is 0 Å². The Morgan fingerprint density at radius 3 is 2.60 bits per heavy atom. The summed E-state index contributed by atoms with van der Waals surface area (Å²) < 4.78 is 43.3. The predicted molar refractivity (Wildman–Crippen MR) is 65.3 cm³/mol. The van der Waals surface area contributed by atoms with Crippen LogP contribution in [0.3, 0.4) is 0 Å². The Morgan fingerprint density at radius 1 is 1.25 bits per heavy atom. The van der Waals surface area contributed by atoms with E-state index >= 15 is 0 Å². The monoisotopic (exact) mass is 287 g/mol. The molecule has 0 saturated heterocycles. The number of ether oxygens (including phenoxy) is 1. The summed E-state index contributed by atoms with van der Waals surface area (Å²) in [6.07, 6.45) is 3.31. The zero-order chi connectivity index (χ0) is 15.1. The van der Waals surface area contributed by atoms with Crippen LogP contribution in [-0.2, 0) is 14.3 Å². The van der Waals surface area contributed by atoms with Crippen LogP contribution in [0.25, 0.3) is 0 Å². The van der Waals surface area contributed by atoms with Crippen LogP contribution >= 0.6 is 0 Å². The van der Waals surface area contributed by atoms with E-state index in [0.29, 0.717) is 12.5 Å². The van der Waals surface area contributed by atoms with Crippen LogP contribution in [0, 0.1) is 17.5 Å². The third-order valence-corrected chi connectivity index (χ3v) is 2.14. The number of amides is 1. The van der Waals surface area contributed by atoms with E-state index in [2.05, 4.69) is 4.74 Å². The molecule has 0 heterocycles. The van der Waals surface area contributed by atoms with Gasteiger partial charge < -0.3 is 10.1 Å². The number of hydrogen-bond acceptors (Lipinski definition) is 3. The Balaban J connectivity index is 2.57. The second-order valence-electron chi connectivity index (χ2n) is 3.69. The van der Waals surface area contributed by atoms with Crippen LogP contribution in [0.1, 0.15) is 13.3 Å². The van der Waals surface area contributed by atoms with Gasteiger partial charge in [-0.3, -0.25) is 4.79 Å². The molecule has 1 N–H and O–H groups in total. The highest BCUT2D eigenvalue weighted by atomic mass is 19.2. The van der Waals surface area contributed by atoms with Crippen molar-refractivity contribution in [1.29, 1.82) is 0 Å². The van der Waals surface area contributed by atoms with Gasteiger partial charge in [-0.25, -0.2) is 18.0 Å². The molecule has 1 aromatic carbocycles. The Labute approximate surface area is 113 Å². The predicted octanol–water partition coefficient (Wildman–Crippen LogP) is 2.55. The quantitative estimate of drug-likeness (QED) is 0.514. The minimum Gasteiger partial charge on any atom is -0.452 e. The van der Waals surface area contributed by atoms with Gasteiger partial charge in [0.15, 0.2) is 24.1 Å². The fraction of sp³-hybridized carbons (Fsp3) is 0.231. The zero-order valence-electron chi connectivity index (χ0n) is 10.6. The maximum Gasteiger partial charge on any atom is 0.330 e. The maximum atomic E-state index is 13.2. The topological polar surface area (TPSA) is 55.4 Å². The number of benzene rings is 1. The highest BCUT2D eigenvalue weighted by Crippen LogP contribution is 2.19. The van der Waals surface area contributed by atoms with E-state index in [9.17, 15) is 22.8 Å². The molecular weight excluding hydrogens is 275 g/mol. The van der Waals surface area contributed by atoms with Crippen LogP contribution in [0.4, 0.5) is 18.9 Å². The normalized spacial score (nSPS) is 10.6. The van der Waals surface area contributed by atoms with Gasteiger partial charge in [-0.1, -0.05) is 13.0 Å². The second-order valence-corrected chi connectivity index (χ2v) is 3.69. The molecule has 0 atom stereocenters. The molecule has 0 fully saturated rings. The van der Waals surface area contributed by atoms with Crippen molar-refractivity contribution in [2.75, 3.05) is 11.9 Å². The number of esters is 1. The molecule has 7 heteroatoms. The second kappa shape index (κ2) is 7.32. The number of carbonyl (C=O) groups is 2. The minimum atomic E-state index is -1.69. The van der Waals surface area contributed by atoms with E-state index in [1.807, 2.05) is 12.2 Å². The highest BCUT2D eigenvalue weighted by Gasteiger charge is 2.15. The lowest BCUT2D eigenvalue weighted by Gasteiger charge is -2.07. The van der Waals surface area contributed by atoms with Gasteiger partial charge in [0.25, 0.3) is 5.91 Å². The molecule has 0 unspecified atom stereocenters. The Hall–Kier alpha value is -2.31. The third-order valence-electron chi connectivity index (χ3n) is 2.14. The molecule has 0 bridgehead atoms. The molecular formula is C13H12F3NO3. The molecule has 0 aliphatic rings. The highest BCUT2D eigenvalue weighted by molar-refractivity contribution is 5.93. The van der Waals surface area contributed by atoms with Gasteiger partial charge in [-0.2, -0.15) is 0 Å². The van der Waals surface area contributed by atoms with Crippen LogP contribution in [0.2, 0.25) is 0 Å². The molecule has 0 aromatic heterocycles. The first-order chi connectivity index (χ1) is 9.45. The molecule has 0 spiro atoms. The number of anilines is 1. The van der Waals surface area contributed by atoms with Gasteiger partial charge in [0.05, 0.1) is 5.69 Å². The summed E-state index contributed by atoms with van der Waals surface area (Å²) in [5, 5.41) is 1.97. The summed E-state index contributed by atoms with van der Waals surface area (Å²) in [7, 11) is 0. The van der Waals surface area contributed by atoms with Crippen molar-refractivity contribution in [3.8, 4) is 0 Å². The number of carbonyl (C=O) groups excluding carboxylic acids is 2. The number of hydrogen-bond donors (Lipinski definition) is 1. The SMILES string of the molecule is CC/C=C/C(=O)OCC(=O)Nc1ccc(F)c(F)c1F. The lowest BCUT2D eigenvalue weighted by atomic mass is 10.3. The van der Waals surface area contributed by atoms with Crippen molar-refractivity contribution < 1.29 is 27.5 Å². The zero-order valence-corrected chi connectivity index (χ0v) is 10.6. The van der Waals surface area contributed by atoms with Crippen molar-refractivity contribution in [2.45, 2.75) is 13.3 Å². The fourth-order valence-electron chi connectivity index (χ4n) is 1.21. The molecule has 4 nitrogen and oxygen atoms in total.